The maximum Gasteiger partial charge on any atom is 0.303 e. The highest BCUT2D eigenvalue weighted by Crippen LogP contribution is 2.49. The van der Waals surface area contributed by atoms with Crippen LogP contribution in [0.1, 0.15) is 31.2 Å². The summed E-state index contributed by atoms with van der Waals surface area (Å²) in [5.74, 6) is -0.223. The molecule has 136 valence electrons. The molecular weight excluding hydrogens is 354 g/mol. The van der Waals surface area contributed by atoms with E-state index in [1.807, 2.05) is 18.2 Å². The van der Waals surface area contributed by atoms with Gasteiger partial charge in [0.15, 0.2) is 0 Å². The van der Waals surface area contributed by atoms with Crippen LogP contribution in [0.5, 0.6) is 5.75 Å². The highest BCUT2D eigenvalue weighted by Gasteiger charge is 2.51. The Morgan fingerprint density at radius 2 is 1.88 bits per heavy atom. The topological polar surface area (TPSA) is 75.6 Å². The minimum absolute atomic E-state index is 0.0325. The number of ether oxygens (including phenoxy) is 1. The minimum atomic E-state index is -0.833. The number of aliphatic carboxylic acids is 1. The maximum atomic E-state index is 12.7. The van der Waals surface area contributed by atoms with E-state index >= 15 is 0 Å². The number of carboxylic acid groups (broad SMARTS) is 1. The molecule has 0 aliphatic heterocycles. The summed E-state index contributed by atoms with van der Waals surface area (Å²) in [7, 11) is 0. The van der Waals surface area contributed by atoms with Gasteiger partial charge in [-0.25, -0.2) is 0 Å². The van der Waals surface area contributed by atoms with E-state index in [1.165, 1.54) is 0 Å². The quantitative estimate of drug-likeness (QED) is 0.678. The molecular formula is C20H20ClNO4. The number of carboxylic acids is 1. The van der Waals surface area contributed by atoms with Crippen molar-refractivity contribution in [3.63, 3.8) is 0 Å². The number of anilines is 1. The van der Waals surface area contributed by atoms with Crippen LogP contribution >= 0.6 is 11.6 Å². The highest BCUT2D eigenvalue weighted by molar-refractivity contribution is 6.30. The van der Waals surface area contributed by atoms with Gasteiger partial charge in [0, 0.05) is 17.1 Å². The Kier molecular flexibility index (Phi) is 5.47. The predicted molar refractivity (Wildman–Crippen MR) is 99.8 cm³/mol. The van der Waals surface area contributed by atoms with Gasteiger partial charge in [-0.05, 0) is 61.2 Å². The van der Waals surface area contributed by atoms with E-state index in [-0.39, 0.29) is 12.3 Å². The van der Waals surface area contributed by atoms with Crippen LogP contribution < -0.4 is 10.1 Å². The molecule has 0 spiro atoms. The van der Waals surface area contributed by atoms with Crippen molar-refractivity contribution in [3.8, 4) is 5.75 Å². The number of hydrogen-bond acceptors (Lipinski definition) is 3. The first kappa shape index (κ1) is 18.3. The van der Waals surface area contributed by atoms with Crippen LogP contribution in [0.3, 0.4) is 0 Å². The number of nitrogens with one attached hydrogen (secondary N) is 1. The Morgan fingerprint density at radius 1 is 1.15 bits per heavy atom. The number of rotatable bonds is 8. The molecule has 0 saturated heterocycles. The number of carbonyl (C=O) groups is 2. The molecule has 0 unspecified atom stereocenters. The van der Waals surface area contributed by atoms with Crippen LogP contribution in [0, 0.1) is 0 Å². The van der Waals surface area contributed by atoms with E-state index in [4.69, 9.17) is 21.4 Å². The van der Waals surface area contributed by atoms with Crippen molar-refractivity contribution in [2.45, 2.75) is 31.1 Å². The molecule has 2 aromatic carbocycles. The van der Waals surface area contributed by atoms with Crippen LogP contribution in [-0.4, -0.2) is 23.6 Å². The van der Waals surface area contributed by atoms with Gasteiger partial charge in [0.1, 0.15) is 5.75 Å². The summed E-state index contributed by atoms with van der Waals surface area (Å²) in [6.45, 7) is 0.343. The smallest absolute Gasteiger partial charge is 0.303 e. The summed E-state index contributed by atoms with van der Waals surface area (Å²) in [6.07, 6.45) is 2.16. The van der Waals surface area contributed by atoms with Crippen molar-refractivity contribution in [1.82, 2.24) is 0 Å². The van der Waals surface area contributed by atoms with Crippen molar-refractivity contribution in [2.24, 2.45) is 0 Å². The van der Waals surface area contributed by atoms with Crippen LogP contribution in [0.4, 0.5) is 5.69 Å². The van der Waals surface area contributed by atoms with Gasteiger partial charge < -0.3 is 15.2 Å². The van der Waals surface area contributed by atoms with Gasteiger partial charge in [-0.1, -0.05) is 23.7 Å². The molecule has 3 rings (SSSR count). The zero-order valence-electron chi connectivity index (χ0n) is 14.2. The van der Waals surface area contributed by atoms with E-state index in [0.29, 0.717) is 29.5 Å². The second-order valence-electron chi connectivity index (χ2n) is 6.42. The third-order valence-corrected chi connectivity index (χ3v) is 4.71. The third kappa shape index (κ3) is 4.35. The van der Waals surface area contributed by atoms with Gasteiger partial charge in [-0.3, -0.25) is 9.59 Å². The average Bonchev–Trinajstić information content (AvgIpc) is 3.42. The fraction of sp³-hybridized carbons (Fsp3) is 0.300. The second-order valence-corrected chi connectivity index (χ2v) is 6.85. The Hall–Kier alpha value is -2.53. The molecule has 0 heterocycles. The Bertz CT molecular complexity index is 800. The molecule has 0 atom stereocenters. The van der Waals surface area contributed by atoms with Crippen molar-refractivity contribution in [2.75, 3.05) is 11.9 Å². The Balaban J connectivity index is 1.57. The first-order valence-corrected chi connectivity index (χ1v) is 8.89. The molecule has 1 saturated carbocycles. The molecule has 0 aromatic heterocycles. The molecule has 26 heavy (non-hydrogen) atoms. The molecule has 6 heteroatoms. The molecule has 5 nitrogen and oxygen atoms in total. The Labute approximate surface area is 156 Å². The second kappa shape index (κ2) is 7.79. The van der Waals surface area contributed by atoms with Crippen LogP contribution in [0.2, 0.25) is 5.02 Å². The molecule has 1 aliphatic rings. The SMILES string of the molecule is O=C(O)CCCOc1ccc(NC(=O)C2(c3cccc(Cl)c3)CC2)cc1. The number of carbonyl (C=O) groups excluding carboxylic acids is 1. The summed E-state index contributed by atoms with van der Waals surface area (Å²) < 4.78 is 5.49. The van der Waals surface area contributed by atoms with E-state index in [9.17, 15) is 9.59 Å². The van der Waals surface area contributed by atoms with Gasteiger partial charge in [-0.2, -0.15) is 0 Å². The van der Waals surface area contributed by atoms with Crippen LogP contribution in [0.15, 0.2) is 48.5 Å². The lowest BCUT2D eigenvalue weighted by atomic mass is 9.95. The lowest BCUT2D eigenvalue weighted by Crippen LogP contribution is -2.27. The van der Waals surface area contributed by atoms with Gasteiger partial charge in [0.2, 0.25) is 5.91 Å². The van der Waals surface area contributed by atoms with E-state index in [1.54, 1.807) is 30.3 Å². The summed E-state index contributed by atoms with van der Waals surface area (Å²) in [4.78, 5) is 23.2. The van der Waals surface area contributed by atoms with Crippen molar-refractivity contribution in [1.29, 1.82) is 0 Å². The molecule has 1 amide bonds. The number of halogens is 1. The maximum absolute atomic E-state index is 12.7. The largest absolute Gasteiger partial charge is 0.494 e. The number of benzene rings is 2. The normalized spacial score (nSPS) is 14.5. The summed E-state index contributed by atoms with van der Waals surface area (Å²) >= 11 is 6.05. The Morgan fingerprint density at radius 3 is 2.50 bits per heavy atom. The van der Waals surface area contributed by atoms with Gasteiger partial charge in [0.05, 0.1) is 12.0 Å². The molecule has 1 fully saturated rings. The first-order chi connectivity index (χ1) is 12.5. The predicted octanol–water partition coefficient (Wildman–Crippen LogP) is 4.25. The number of hydrogen-bond donors (Lipinski definition) is 2. The summed E-state index contributed by atoms with van der Waals surface area (Å²) in [5.41, 5.74) is 1.15. The number of amides is 1. The van der Waals surface area contributed by atoms with E-state index in [0.717, 1.165) is 18.4 Å². The van der Waals surface area contributed by atoms with Crippen molar-refractivity contribution in [3.05, 3.63) is 59.1 Å². The van der Waals surface area contributed by atoms with Crippen LogP contribution in [0.25, 0.3) is 0 Å². The van der Waals surface area contributed by atoms with Crippen LogP contribution in [-0.2, 0) is 15.0 Å². The van der Waals surface area contributed by atoms with Crippen molar-refractivity contribution < 1.29 is 19.4 Å². The highest BCUT2D eigenvalue weighted by atomic mass is 35.5. The molecule has 2 aromatic rings. The standard InChI is InChI=1S/C20H20ClNO4/c21-15-4-1-3-14(13-15)20(10-11-20)19(25)22-16-6-8-17(9-7-16)26-12-2-5-18(23)24/h1,3-4,6-9,13H,2,5,10-12H2,(H,22,25)(H,23,24). The first-order valence-electron chi connectivity index (χ1n) is 8.52. The van der Waals surface area contributed by atoms with E-state index in [2.05, 4.69) is 5.32 Å². The fourth-order valence-corrected chi connectivity index (χ4v) is 3.05. The fourth-order valence-electron chi connectivity index (χ4n) is 2.86. The van der Waals surface area contributed by atoms with Gasteiger partial charge in [0.25, 0.3) is 0 Å². The zero-order valence-corrected chi connectivity index (χ0v) is 15.0. The lowest BCUT2D eigenvalue weighted by Gasteiger charge is -2.16. The zero-order chi connectivity index (χ0) is 18.6. The molecule has 0 bridgehead atoms. The van der Waals surface area contributed by atoms with Gasteiger partial charge >= 0.3 is 5.97 Å². The molecule has 2 N–H and O–H groups in total. The third-order valence-electron chi connectivity index (χ3n) is 4.48. The minimum Gasteiger partial charge on any atom is -0.494 e. The summed E-state index contributed by atoms with van der Waals surface area (Å²) in [6, 6.07) is 14.5. The van der Waals surface area contributed by atoms with Gasteiger partial charge in [-0.15, -0.1) is 0 Å². The summed E-state index contributed by atoms with van der Waals surface area (Å²) in [5, 5.41) is 12.2. The molecule has 0 radical (unpaired) electrons. The van der Waals surface area contributed by atoms with E-state index < -0.39 is 11.4 Å². The lowest BCUT2D eigenvalue weighted by molar-refractivity contribution is -0.137. The average molecular weight is 374 g/mol. The monoisotopic (exact) mass is 373 g/mol. The van der Waals surface area contributed by atoms with Crippen molar-refractivity contribution >= 4 is 29.2 Å². The molecule has 1 aliphatic carbocycles.